The molecule has 1 amide bonds. The van der Waals surface area contributed by atoms with Gasteiger partial charge in [-0.1, -0.05) is 49.2 Å². The van der Waals surface area contributed by atoms with Crippen molar-refractivity contribution in [3.05, 3.63) is 59.7 Å². The number of ether oxygens (including phenoxy) is 1. The summed E-state index contributed by atoms with van der Waals surface area (Å²) in [7, 11) is 0. The summed E-state index contributed by atoms with van der Waals surface area (Å²) >= 11 is 0. The monoisotopic (exact) mass is 406 g/mol. The van der Waals surface area contributed by atoms with Crippen LogP contribution in [0, 0.1) is 5.92 Å². The molecular weight excluding hydrogens is 380 g/mol. The molecule has 0 unspecified atom stereocenters. The number of nitrogens with one attached hydrogen (secondary N) is 1. The summed E-state index contributed by atoms with van der Waals surface area (Å²) in [5.41, 5.74) is 3.21. The lowest BCUT2D eigenvalue weighted by Gasteiger charge is -2.29. The molecule has 1 aliphatic carbocycles. The summed E-state index contributed by atoms with van der Waals surface area (Å²) in [6, 6.07) is 15.1. The van der Waals surface area contributed by atoms with Gasteiger partial charge in [0.1, 0.15) is 5.52 Å². The molecule has 0 bridgehead atoms. The van der Waals surface area contributed by atoms with Crippen molar-refractivity contribution in [2.45, 2.75) is 45.2 Å². The largest absolute Gasteiger partial charge is 0.452 e. The minimum atomic E-state index is -0.500. The van der Waals surface area contributed by atoms with E-state index in [1.165, 1.54) is 6.42 Å². The first-order valence-corrected chi connectivity index (χ1v) is 10.4. The molecular formula is C23H26N4O3. The zero-order chi connectivity index (χ0) is 20.9. The van der Waals surface area contributed by atoms with E-state index in [1.807, 2.05) is 41.1 Å². The molecule has 1 aromatic heterocycles. The maximum atomic E-state index is 12.3. The van der Waals surface area contributed by atoms with Crippen molar-refractivity contribution in [2.75, 3.05) is 6.61 Å². The average Bonchev–Trinajstić information content (AvgIpc) is 3.17. The Balaban J connectivity index is 1.30. The van der Waals surface area contributed by atoms with Crippen LogP contribution < -0.4 is 5.32 Å². The highest BCUT2D eigenvalue weighted by Gasteiger charge is 2.23. The molecule has 4 rings (SSSR count). The normalized spacial score (nSPS) is 18.8. The van der Waals surface area contributed by atoms with Gasteiger partial charge in [0, 0.05) is 6.04 Å². The number of carbonyl (C=O) groups excluding carboxylic acids is 2. The van der Waals surface area contributed by atoms with E-state index < -0.39 is 5.97 Å². The van der Waals surface area contributed by atoms with Crippen LogP contribution in [0.3, 0.4) is 0 Å². The molecule has 1 fully saturated rings. The molecule has 1 saturated carbocycles. The molecule has 2 aromatic carbocycles. The fourth-order valence-corrected chi connectivity index (χ4v) is 3.95. The first-order chi connectivity index (χ1) is 14.6. The van der Waals surface area contributed by atoms with Crippen LogP contribution in [-0.4, -0.2) is 39.5 Å². The fraction of sp³-hybridized carbons (Fsp3) is 0.391. The minimum absolute atomic E-state index is 0.178. The fourth-order valence-electron chi connectivity index (χ4n) is 3.95. The van der Waals surface area contributed by atoms with Gasteiger partial charge in [-0.25, -0.2) is 9.48 Å². The maximum Gasteiger partial charge on any atom is 0.338 e. The van der Waals surface area contributed by atoms with Crippen molar-refractivity contribution < 1.29 is 14.3 Å². The lowest BCUT2D eigenvalue weighted by Crippen LogP contribution is -2.42. The van der Waals surface area contributed by atoms with Crippen LogP contribution in [0.4, 0.5) is 0 Å². The van der Waals surface area contributed by atoms with E-state index in [9.17, 15) is 9.59 Å². The molecule has 0 radical (unpaired) electrons. The Morgan fingerprint density at radius 2 is 1.87 bits per heavy atom. The quantitative estimate of drug-likeness (QED) is 0.635. The molecule has 2 atom stereocenters. The minimum Gasteiger partial charge on any atom is -0.452 e. The zero-order valence-corrected chi connectivity index (χ0v) is 17.1. The first-order valence-electron chi connectivity index (χ1n) is 10.4. The van der Waals surface area contributed by atoms with Gasteiger partial charge in [-0.15, -0.1) is 5.10 Å². The van der Waals surface area contributed by atoms with E-state index in [0.717, 1.165) is 35.9 Å². The van der Waals surface area contributed by atoms with Gasteiger partial charge in [-0.3, -0.25) is 4.79 Å². The molecule has 1 aliphatic rings. The van der Waals surface area contributed by atoms with E-state index in [0.29, 0.717) is 18.0 Å². The third-order valence-electron chi connectivity index (χ3n) is 5.73. The highest BCUT2D eigenvalue weighted by molar-refractivity contribution is 5.91. The number of para-hydroxylation sites is 1. The Morgan fingerprint density at radius 3 is 2.67 bits per heavy atom. The van der Waals surface area contributed by atoms with Crippen LogP contribution in [0.2, 0.25) is 0 Å². The van der Waals surface area contributed by atoms with E-state index in [1.54, 1.807) is 12.1 Å². The predicted octanol–water partition coefficient (Wildman–Crippen LogP) is 3.33. The molecule has 30 heavy (non-hydrogen) atoms. The number of esters is 1. The Kier molecular flexibility index (Phi) is 6.07. The van der Waals surface area contributed by atoms with Crippen molar-refractivity contribution in [1.82, 2.24) is 20.3 Å². The van der Waals surface area contributed by atoms with Crippen LogP contribution in [-0.2, 0) is 16.1 Å². The third-order valence-corrected chi connectivity index (χ3v) is 5.73. The maximum absolute atomic E-state index is 12.3. The summed E-state index contributed by atoms with van der Waals surface area (Å²) in [6.45, 7) is 2.45. The number of nitrogens with zero attached hydrogens (tertiary/aromatic N) is 3. The topological polar surface area (TPSA) is 86.1 Å². The number of hydrogen-bond donors (Lipinski definition) is 1. The van der Waals surface area contributed by atoms with E-state index in [-0.39, 0.29) is 18.6 Å². The Hall–Kier alpha value is -3.22. The summed E-state index contributed by atoms with van der Waals surface area (Å²) in [4.78, 5) is 24.4. The lowest BCUT2D eigenvalue weighted by molar-refractivity contribution is -0.125. The zero-order valence-electron chi connectivity index (χ0n) is 17.1. The van der Waals surface area contributed by atoms with Gasteiger partial charge in [0.2, 0.25) is 0 Å². The van der Waals surface area contributed by atoms with Crippen molar-refractivity contribution in [2.24, 2.45) is 5.92 Å². The molecule has 7 nitrogen and oxygen atoms in total. The van der Waals surface area contributed by atoms with Crippen LogP contribution in [0.15, 0.2) is 48.5 Å². The lowest BCUT2D eigenvalue weighted by atomic mass is 9.86. The second-order valence-corrected chi connectivity index (χ2v) is 7.94. The Morgan fingerprint density at radius 1 is 1.10 bits per heavy atom. The Bertz CT molecular complexity index is 1030. The van der Waals surface area contributed by atoms with Crippen LogP contribution in [0.5, 0.6) is 0 Å². The van der Waals surface area contributed by atoms with Gasteiger partial charge in [-0.2, -0.15) is 0 Å². The van der Waals surface area contributed by atoms with Gasteiger partial charge in [0.25, 0.3) is 5.91 Å². The third kappa shape index (κ3) is 4.67. The number of hydrogen-bond acceptors (Lipinski definition) is 5. The molecule has 1 N–H and O–H groups in total. The SMILES string of the molecule is C[C@@H]1CCCC[C@@H]1NC(=O)COC(=O)c1ccc(Cn2nnc3ccccc32)cc1. The van der Waals surface area contributed by atoms with Crippen molar-refractivity contribution >= 4 is 22.9 Å². The summed E-state index contributed by atoms with van der Waals surface area (Å²) < 4.78 is 7.01. The van der Waals surface area contributed by atoms with E-state index in [2.05, 4.69) is 22.6 Å². The summed E-state index contributed by atoms with van der Waals surface area (Å²) in [6.07, 6.45) is 4.46. The standard InChI is InChI=1S/C23H26N4O3/c1-16-6-2-3-7-19(16)24-22(28)15-30-23(29)18-12-10-17(11-13-18)14-27-21-9-5-4-8-20(21)25-26-27/h4-5,8-13,16,19H,2-3,6-7,14-15H2,1H3,(H,24,28)/t16-,19+/m1/s1. The second-order valence-electron chi connectivity index (χ2n) is 7.94. The highest BCUT2D eigenvalue weighted by Crippen LogP contribution is 2.23. The second kappa shape index (κ2) is 9.07. The molecule has 7 heteroatoms. The van der Waals surface area contributed by atoms with Gasteiger partial charge in [0.05, 0.1) is 17.6 Å². The summed E-state index contributed by atoms with van der Waals surface area (Å²) in [5.74, 6) is -0.274. The first kappa shape index (κ1) is 20.1. The highest BCUT2D eigenvalue weighted by atomic mass is 16.5. The molecule has 0 saturated heterocycles. The van der Waals surface area contributed by atoms with Crippen LogP contribution in [0.25, 0.3) is 11.0 Å². The summed E-state index contributed by atoms with van der Waals surface area (Å²) in [5, 5.41) is 11.3. The number of carbonyl (C=O) groups is 2. The molecule has 156 valence electrons. The van der Waals surface area contributed by atoms with Crippen molar-refractivity contribution in [3.63, 3.8) is 0 Å². The number of rotatable bonds is 6. The van der Waals surface area contributed by atoms with Crippen molar-refractivity contribution in [3.8, 4) is 0 Å². The number of amides is 1. The van der Waals surface area contributed by atoms with Gasteiger partial charge >= 0.3 is 5.97 Å². The van der Waals surface area contributed by atoms with Crippen LogP contribution >= 0.6 is 0 Å². The number of aromatic nitrogens is 3. The molecule has 0 aliphatic heterocycles. The van der Waals surface area contributed by atoms with Gasteiger partial charge < -0.3 is 10.1 Å². The van der Waals surface area contributed by atoms with Crippen LogP contribution in [0.1, 0.15) is 48.5 Å². The molecule has 1 heterocycles. The Labute approximate surface area is 175 Å². The van der Waals surface area contributed by atoms with E-state index in [4.69, 9.17) is 4.74 Å². The smallest absolute Gasteiger partial charge is 0.338 e. The van der Waals surface area contributed by atoms with Crippen molar-refractivity contribution in [1.29, 1.82) is 0 Å². The predicted molar refractivity (Wildman–Crippen MR) is 113 cm³/mol. The molecule has 0 spiro atoms. The molecule has 3 aromatic rings. The van der Waals surface area contributed by atoms with Gasteiger partial charge in [0.15, 0.2) is 6.61 Å². The average molecular weight is 406 g/mol. The number of benzene rings is 2. The number of fused-ring (bicyclic) bond motifs is 1. The van der Waals surface area contributed by atoms with Gasteiger partial charge in [-0.05, 0) is 48.6 Å². The van der Waals surface area contributed by atoms with E-state index >= 15 is 0 Å².